The molecule has 0 fully saturated rings. The molecule has 0 saturated carbocycles. The minimum Gasteiger partial charge on any atom is -0.303 e. The first kappa shape index (κ1) is 17.7. The first-order chi connectivity index (χ1) is 6.35. The molecule has 0 bridgehead atoms. The lowest BCUT2D eigenvalue weighted by molar-refractivity contribution is -0.106. The summed E-state index contributed by atoms with van der Waals surface area (Å²) in [5.74, 6) is 0.403. The summed E-state index contributed by atoms with van der Waals surface area (Å²) in [6.07, 6.45) is 2.25. The maximum Gasteiger partial charge on any atom is 0.134 e. The number of carbonyl (C=O) groups excluding carboxylic acids is 1. The van der Waals surface area contributed by atoms with Crippen LogP contribution in [0.3, 0.4) is 0 Å². The number of aliphatic imine (C=N–C) groups is 2. The van der Waals surface area contributed by atoms with Gasteiger partial charge in [-0.2, -0.15) is 0 Å². The molecule has 0 aliphatic rings. The maximum absolute atomic E-state index is 9.85. The summed E-state index contributed by atoms with van der Waals surface area (Å²) in [7, 11) is 0. The summed E-state index contributed by atoms with van der Waals surface area (Å²) in [5.41, 5.74) is 0. The molecule has 0 amide bonds. The normalized spacial score (nSPS) is 8.15. The van der Waals surface area contributed by atoms with Crippen molar-refractivity contribution < 1.29 is 4.79 Å². The fourth-order valence-corrected chi connectivity index (χ4v) is 0.338. The first-order valence-corrected chi connectivity index (χ1v) is 4.43. The van der Waals surface area contributed by atoms with Gasteiger partial charge in [0.2, 0.25) is 0 Å². The molecular weight excluding hydrogens is 164 g/mol. The predicted molar refractivity (Wildman–Crippen MR) is 60.6 cm³/mol. The Kier molecular flexibility index (Phi) is 30.6. The second-order valence-electron chi connectivity index (χ2n) is 1.26. The van der Waals surface area contributed by atoms with E-state index in [0.717, 1.165) is 6.29 Å². The Hall–Kier alpha value is -1.25. The van der Waals surface area contributed by atoms with Crippen LogP contribution in [0.5, 0.6) is 0 Å². The maximum atomic E-state index is 9.85. The van der Waals surface area contributed by atoms with Crippen LogP contribution in [0.15, 0.2) is 22.8 Å². The van der Waals surface area contributed by atoms with E-state index >= 15 is 0 Å². The van der Waals surface area contributed by atoms with E-state index in [9.17, 15) is 4.79 Å². The predicted octanol–water partition coefficient (Wildman–Crippen LogP) is 2.87. The number of hydrogen-bond donors (Lipinski definition) is 0. The van der Waals surface area contributed by atoms with Gasteiger partial charge in [0.25, 0.3) is 0 Å². The summed E-state index contributed by atoms with van der Waals surface area (Å²) >= 11 is 0. The minimum atomic E-state index is 0.204. The number of amidine groups is 1. The Morgan fingerprint density at radius 2 is 1.77 bits per heavy atom. The molecule has 0 aromatic heterocycles. The first-order valence-electron chi connectivity index (χ1n) is 4.43. The van der Waals surface area contributed by atoms with Crippen molar-refractivity contribution in [3.05, 3.63) is 12.8 Å². The third-order valence-corrected chi connectivity index (χ3v) is 0.689. The van der Waals surface area contributed by atoms with Gasteiger partial charge < -0.3 is 4.79 Å². The zero-order valence-corrected chi connectivity index (χ0v) is 9.08. The molecule has 0 saturated heterocycles. The average Bonchev–Trinajstić information content (AvgIpc) is 2.23. The van der Waals surface area contributed by atoms with Crippen LogP contribution in [0.4, 0.5) is 0 Å². The molecule has 0 radical (unpaired) electrons. The quantitative estimate of drug-likeness (QED) is 0.378. The van der Waals surface area contributed by atoms with Gasteiger partial charge in [-0.15, -0.1) is 0 Å². The lowest BCUT2D eigenvalue weighted by Gasteiger charge is -1.86. The van der Waals surface area contributed by atoms with Crippen LogP contribution in [0.1, 0.15) is 34.1 Å². The van der Waals surface area contributed by atoms with Crippen molar-refractivity contribution in [2.75, 3.05) is 0 Å². The van der Waals surface area contributed by atoms with Gasteiger partial charge in [0.15, 0.2) is 0 Å². The summed E-state index contributed by atoms with van der Waals surface area (Å²) < 4.78 is 0. The van der Waals surface area contributed by atoms with Crippen LogP contribution in [-0.4, -0.2) is 18.8 Å². The lowest BCUT2D eigenvalue weighted by atomic mass is 10.4. The molecule has 3 heteroatoms. The molecule has 0 rings (SSSR count). The monoisotopic (exact) mass is 184 g/mol. The van der Waals surface area contributed by atoms with Crippen molar-refractivity contribution in [2.45, 2.75) is 34.1 Å². The highest BCUT2D eigenvalue weighted by molar-refractivity contribution is 5.95. The second-order valence-corrected chi connectivity index (χ2v) is 1.26. The summed E-state index contributed by atoms with van der Waals surface area (Å²) in [6, 6.07) is 0. The molecule has 3 nitrogen and oxygen atoms in total. The average molecular weight is 184 g/mol. The number of aldehydes is 1. The van der Waals surface area contributed by atoms with E-state index in [1.54, 1.807) is 0 Å². The van der Waals surface area contributed by atoms with Crippen molar-refractivity contribution >= 4 is 18.8 Å². The topological polar surface area (TPSA) is 41.8 Å². The van der Waals surface area contributed by atoms with Gasteiger partial charge in [0.1, 0.15) is 12.1 Å². The van der Waals surface area contributed by atoms with E-state index in [2.05, 4.69) is 23.3 Å². The Balaban J connectivity index is -0.000000218. The number of carbonyl (C=O) groups is 1. The second kappa shape index (κ2) is 22.4. The van der Waals surface area contributed by atoms with Crippen molar-refractivity contribution in [2.24, 2.45) is 9.98 Å². The van der Waals surface area contributed by atoms with Gasteiger partial charge in [-0.3, -0.25) is 0 Å². The Morgan fingerprint density at radius 1 is 1.31 bits per heavy atom. The van der Waals surface area contributed by atoms with E-state index in [-0.39, 0.29) is 6.42 Å². The van der Waals surface area contributed by atoms with Crippen LogP contribution in [-0.2, 0) is 4.79 Å². The van der Waals surface area contributed by atoms with Crippen molar-refractivity contribution in [1.29, 1.82) is 0 Å². The highest BCUT2D eigenvalue weighted by atomic mass is 16.1. The number of rotatable bonds is 3. The number of nitrogens with zero attached hydrogens (tertiary/aromatic N) is 2. The van der Waals surface area contributed by atoms with Crippen LogP contribution in [0, 0.1) is 0 Å². The van der Waals surface area contributed by atoms with Crippen molar-refractivity contribution in [1.82, 2.24) is 0 Å². The Morgan fingerprint density at radius 3 is 2.00 bits per heavy atom. The minimum absolute atomic E-state index is 0.204. The van der Waals surface area contributed by atoms with E-state index < -0.39 is 0 Å². The molecule has 76 valence electrons. The molecule has 0 aliphatic carbocycles. The van der Waals surface area contributed by atoms with Crippen LogP contribution in [0.25, 0.3) is 0 Å². The molecule has 0 N–H and O–H groups in total. The van der Waals surface area contributed by atoms with Gasteiger partial charge >= 0.3 is 0 Å². The standard InChI is InChI=1S/C6H8N2O.2C2H6/c1-3-8-6(7-2)4-5-9;2*1-2/h3,5H,1-2,4H2;2*1-2H3. The van der Waals surface area contributed by atoms with Crippen LogP contribution < -0.4 is 0 Å². The molecule has 0 heterocycles. The zero-order valence-electron chi connectivity index (χ0n) is 9.08. The van der Waals surface area contributed by atoms with Crippen molar-refractivity contribution in [3.8, 4) is 0 Å². The molecule has 0 aromatic carbocycles. The van der Waals surface area contributed by atoms with E-state index in [0.29, 0.717) is 5.84 Å². The van der Waals surface area contributed by atoms with Gasteiger partial charge in [-0.25, -0.2) is 9.98 Å². The summed E-state index contributed by atoms with van der Waals surface area (Å²) in [6.45, 7) is 14.6. The summed E-state index contributed by atoms with van der Waals surface area (Å²) in [5, 5.41) is 0. The fourth-order valence-electron chi connectivity index (χ4n) is 0.338. The van der Waals surface area contributed by atoms with Gasteiger partial charge in [-0.1, -0.05) is 34.3 Å². The highest BCUT2D eigenvalue weighted by Crippen LogP contribution is 1.84. The molecule has 0 unspecified atom stereocenters. The van der Waals surface area contributed by atoms with Gasteiger partial charge in [-0.05, 0) is 6.72 Å². The fraction of sp³-hybridized carbons (Fsp3) is 0.500. The number of hydrogen-bond acceptors (Lipinski definition) is 2. The van der Waals surface area contributed by atoms with Crippen LogP contribution >= 0.6 is 0 Å². The molecular formula is C10H20N2O. The van der Waals surface area contributed by atoms with E-state index in [1.807, 2.05) is 27.7 Å². The molecule has 0 spiro atoms. The molecule has 0 atom stereocenters. The third kappa shape index (κ3) is 18.1. The van der Waals surface area contributed by atoms with Crippen LogP contribution in [0.2, 0.25) is 0 Å². The largest absolute Gasteiger partial charge is 0.303 e. The van der Waals surface area contributed by atoms with Crippen molar-refractivity contribution in [3.63, 3.8) is 0 Å². The Labute approximate surface area is 81.3 Å². The van der Waals surface area contributed by atoms with Gasteiger partial charge in [0, 0.05) is 6.20 Å². The zero-order chi connectivity index (χ0) is 11.1. The third-order valence-electron chi connectivity index (χ3n) is 0.689. The highest BCUT2D eigenvalue weighted by Gasteiger charge is 1.88. The lowest BCUT2D eigenvalue weighted by Crippen LogP contribution is -1.91. The molecule has 0 aliphatic heterocycles. The Bertz CT molecular complexity index is 151. The molecule has 0 aromatic rings. The molecule has 13 heavy (non-hydrogen) atoms. The summed E-state index contributed by atoms with van der Waals surface area (Å²) in [4.78, 5) is 17.0. The smallest absolute Gasteiger partial charge is 0.134 e. The van der Waals surface area contributed by atoms with E-state index in [4.69, 9.17) is 0 Å². The van der Waals surface area contributed by atoms with Gasteiger partial charge in [0.05, 0.1) is 6.42 Å². The SMILES string of the molecule is C=CN=C(CC=O)N=C.CC.CC. The van der Waals surface area contributed by atoms with E-state index in [1.165, 1.54) is 6.20 Å².